The number of hydrogen-bond acceptors (Lipinski definition) is 4. The molecule has 134 valence electrons. The Kier molecular flexibility index (Phi) is 5.53. The largest absolute Gasteiger partial charge is 0.481 e. The number of methoxy groups -OCH3 is 1. The SMILES string of the molecule is CCCN1CCC(N(C)C(=O)c2cc3ccccc3c(OC)n2)CC1. The van der Waals surface area contributed by atoms with Crippen LogP contribution in [0.3, 0.4) is 0 Å². The van der Waals surface area contributed by atoms with Gasteiger partial charge < -0.3 is 14.5 Å². The van der Waals surface area contributed by atoms with Crippen molar-refractivity contribution in [2.75, 3.05) is 33.8 Å². The maximum Gasteiger partial charge on any atom is 0.272 e. The fourth-order valence-corrected chi connectivity index (χ4v) is 3.62. The van der Waals surface area contributed by atoms with E-state index in [-0.39, 0.29) is 11.9 Å². The second-order valence-electron chi connectivity index (χ2n) is 6.73. The van der Waals surface area contributed by atoms with E-state index in [2.05, 4.69) is 16.8 Å². The van der Waals surface area contributed by atoms with Crippen molar-refractivity contribution in [3.8, 4) is 5.88 Å². The average Bonchev–Trinajstić information content (AvgIpc) is 2.66. The van der Waals surface area contributed by atoms with Gasteiger partial charge >= 0.3 is 0 Å². The number of rotatable bonds is 5. The summed E-state index contributed by atoms with van der Waals surface area (Å²) in [6.07, 6.45) is 3.22. The summed E-state index contributed by atoms with van der Waals surface area (Å²) in [7, 11) is 3.49. The lowest BCUT2D eigenvalue weighted by Gasteiger charge is -2.36. The third-order valence-electron chi connectivity index (χ3n) is 5.08. The number of piperidine rings is 1. The molecule has 5 nitrogen and oxygen atoms in total. The number of likely N-dealkylation sites (tertiary alicyclic amines) is 1. The van der Waals surface area contributed by atoms with Crippen molar-refractivity contribution >= 4 is 16.7 Å². The summed E-state index contributed by atoms with van der Waals surface area (Å²) < 4.78 is 5.40. The highest BCUT2D eigenvalue weighted by molar-refractivity contribution is 5.98. The second kappa shape index (κ2) is 7.83. The van der Waals surface area contributed by atoms with Gasteiger partial charge in [0.15, 0.2) is 0 Å². The Hall–Kier alpha value is -2.14. The van der Waals surface area contributed by atoms with Crippen LogP contribution in [0.1, 0.15) is 36.7 Å². The van der Waals surface area contributed by atoms with Crippen LogP contribution in [0.5, 0.6) is 5.88 Å². The van der Waals surface area contributed by atoms with Gasteiger partial charge in [0.05, 0.1) is 7.11 Å². The molecule has 0 saturated carbocycles. The first-order valence-electron chi connectivity index (χ1n) is 9.07. The number of carbonyl (C=O) groups is 1. The number of nitrogens with zero attached hydrogens (tertiary/aromatic N) is 3. The highest BCUT2D eigenvalue weighted by Crippen LogP contribution is 2.25. The molecule has 1 amide bonds. The molecule has 25 heavy (non-hydrogen) atoms. The van der Waals surface area contributed by atoms with Crippen LogP contribution >= 0.6 is 0 Å². The molecule has 1 saturated heterocycles. The van der Waals surface area contributed by atoms with E-state index in [4.69, 9.17) is 4.74 Å². The highest BCUT2D eigenvalue weighted by atomic mass is 16.5. The van der Waals surface area contributed by atoms with E-state index in [1.807, 2.05) is 42.3 Å². The fourth-order valence-electron chi connectivity index (χ4n) is 3.62. The van der Waals surface area contributed by atoms with Crippen LogP contribution < -0.4 is 4.74 Å². The van der Waals surface area contributed by atoms with Crippen molar-refractivity contribution in [1.82, 2.24) is 14.8 Å². The fraction of sp³-hybridized carbons (Fsp3) is 0.500. The number of ether oxygens (including phenoxy) is 1. The van der Waals surface area contributed by atoms with Crippen molar-refractivity contribution in [3.05, 3.63) is 36.0 Å². The maximum atomic E-state index is 13.0. The quantitative estimate of drug-likeness (QED) is 0.838. The predicted octanol–water partition coefficient (Wildman–Crippen LogP) is 3.19. The molecule has 2 aromatic rings. The molecule has 1 aliphatic rings. The van der Waals surface area contributed by atoms with Crippen molar-refractivity contribution in [1.29, 1.82) is 0 Å². The zero-order valence-corrected chi connectivity index (χ0v) is 15.4. The Bertz CT molecular complexity index is 739. The van der Waals surface area contributed by atoms with Crippen molar-refractivity contribution in [2.45, 2.75) is 32.2 Å². The van der Waals surface area contributed by atoms with Gasteiger partial charge in [-0.25, -0.2) is 4.98 Å². The van der Waals surface area contributed by atoms with Crippen LogP contribution in [-0.4, -0.2) is 60.5 Å². The first-order valence-corrected chi connectivity index (χ1v) is 9.07. The summed E-state index contributed by atoms with van der Waals surface area (Å²) in [5, 5.41) is 1.90. The molecule has 0 spiro atoms. The van der Waals surface area contributed by atoms with Gasteiger partial charge in [-0.2, -0.15) is 0 Å². The van der Waals surface area contributed by atoms with E-state index in [0.717, 1.165) is 43.2 Å². The molecule has 0 radical (unpaired) electrons. The number of hydrogen-bond donors (Lipinski definition) is 0. The molecular formula is C20H27N3O2. The smallest absolute Gasteiger partial charge is 0.272 e. The number of fused-ring (bicyclic) bond motifs is 1. The van der Waals surface area contributed by atoms with Crippen LogP contribution in [0.25, 0.3) is 10.8 Å². The first-order chi connectivity index (χ1) is 12.1. The van der Waals surface area contributed by atoms with Gasteiger partial charge in [0.1, 0.15) is 5.69 Å². The van der Waals surface area contributed by atoms with E-state index in [1.165, 1.54) is 6.42 Å². The van der Waals surface area contributed by atoms with Crippen molar-refractivity contribution < 1.29 is 9.53 Å². The summed E-state index contributed by atoms with van der Waals surface area (Å²) >= 11 is 0. The standard InChI is InChI=1S/C20H27N3O2/c1-4-11-23-12-9-16(10-13-23)22(2)20(24)18-14-15-7-5-6-8-17(15)19(21-18)25-3/h5-8,14,16H,4,9-13H2,1-3H3. The minimum atomic E-state index is -0.0296. The Balaban J connectivity index is 1.77. The van der Waals surface area contributed by atoms with Crippen LogP contribution in [-0.2, 0) is 0 Å². The van der Waals surface area contributed by atoms with Crippen LogP contribution in [0.2, 0.25) is 0 Å². The molecular weight excluding hydrogens is 314 g/mol. The van der Waals surface area contributed by atoms with Gasteiger partial charge in [-0.1, -0.05) is 25.1 Å². The van der Waals surface area contributed by atoms with Gasteiger partial charge in [-0.3, -0.25) is 4.79 Å². The lowest BCUT2D eigenvalue weighted by atomic mass is 10.0. The second-order valence-corrected chi connectivity index (χ2v) is 6.73. The molecule has 0 aliphatic carbocycles. The average molecular weight is 341 g/mol. The molecule has 0 bridgehead atoms. The van der Waals surface area contributed by atoms with E-state index in [1.54, 1.807) is 7.11 Å². The molecule has 1 fully saturated rings. The first kappa shape index (κ1) is 17.7. The number of amides is 1. The lowest BCUT2D eigenvalue weighted by Crippen LogP contribution is -2.45. The normalized spacial score (nSPS) is 16.1. The van der Waals surface area contributed by atoms with E-state index in [0.29, 0.717) is 11.6 Å². The van der Waals surface area contributed by atoms with Gasteiger partial charge in [0.2, 0.25) is 5.88 Å². The summed E-state index contributed by atoms with van der Waals surface area (Å²) in [6, 6.07) is 10.00. The summed E-state index contributed by atoms with van der Waals surface area (Å²) in [5.41, 5.74) is 0.453. The number of carbonyl (C=O) groups excluding carboxylic acids is 1. The monoisotopic (exact) mass is 341 g/mol. The summed E-state index contributed by atoms with van der Waals surface area (Å²) in [6.45, 7) is 5.48. The lowest BCUT2D eigenvalue weighted by molar-refractivity contribution is 0.0636. The predicted molar refractivity (Wildman–Crippen MR) is 100 cm³/mol. The zero-order chi connectivity index (χ0) is 17.8. The topological polar surface area (TPSA) is 45.7 Å². The van der Waals surface area contributed by atoms with E-state index < -0.39 is 0 Å². The Labute approximate surface area is 149 Å². The summed E-state index contributed by atoms with van der Waals surface area (Å²) in [5.74, 6) is 0.477. The molecule has 1 aromatic heterocycles. The third kappa shape index (κ3) is 3.76. The highest BCUT2D eigenvalue weighted by Gasteiger charge is 2.26. The van der Waals surface area contributed by atoms with Crippen LogP contribution in [0.15, 0.2) is 30.3 Å². The molecule has 2 heterocycles. The van der Waals surface area contributed by atoms with Gasteiger partial charge in [0.25, 0.3) is 5.91 Å². The Morgan fingerprint density at radius 3 is 2.72 bits per heavy atom. The van der Waals surface area contributed by atoms with Crippen LogP contribution in [0.4, 0.5) is 0 Å². The van der Waals surface area contributed by atoms with Gasteiger partial charge in [-0.05, 0) is 43.3 Å². The maximum absolute atomic E-state index is 13.0. The molecule has 1 aromatic carbocycles. The Morgan fingerprint density at radius 1 is 1.32 bits per heavy atom. The molecule has 5 heteroatoms. The number of benzene rings is 1. The van der Waals surface area contributed by atoms with E-state index in [9.17, 15) is 4.79 Å². The van der Waals surface area contributed by atoms with E-state index >= 15 is 0 Å². The minimum absolute atomic E-state index is 0.0296. The van der Waals surface area contributed by atoms with Gasteiger partial charge in [0, 0.05) is 31.6 Å². The number of pyridine rings is 1. The molecule has 0 unspecified atom stereocenters. The van der Waals surface area contributed by atoms with Gasteiger partial charge in [-0.15, -0.1) is 0 Å². The van der Waals surface area contributed by atoms with Crippen molar-refractivity contribution in [3.63, 3.8) is 0 Å². The minimum Gasteiger partial charge on any atom is -0.481 e. The molecule has 3 rings (SSSR count). The molecule has 0 N–H and O–H groups in total. The molecule has 0 atom stereocenters. The molecule has 1 aliphatic heterocycles. The summed E-state index contributed by atoms with van der Waals surface area (Å²) in [4.78, 5) is 21.8. The Morgan fingerprint density at radius 2 is 2.04 bits per heavy atom. The third-order valence-corrected chi connectivity index (χ3v) is 5.08. The zero-order valence-electron chi connectivity index (χ0n) is 15.4. The van der Waals surface area contributed by atoms with Crippen molar-refractivity contribution in [2.24, 2.45) is 0 Å². The van der Waals surface area contributed by atoms with Crippen LogP contribution in [0, 0.1) is 0 Å². The number of aromatic nitrogens is 1.